The minimum absolute atomic E-state index is 0.00597. The molecule has 0 saturated heterocycles. The molecule has 0 saturated carbocycles. The Balaban J connectivity index is 2.75. The van der Waals surface area contributed by atoms with Crippen molar-refractivity contribution in [2.75, 3.05) is 13.2 Å². The molecule has 1 aromatic rings. The quantitative estimate of drug-likeness (QED) is 0.765. The van der Waals surface area contributed by atoms with Crippen molar-refractivity contribution in [2.45, 2.75) is 6.92 Å². The Morgan fingerprint density at radius 1 is 1.38 bits per heavy atom. The van der Waals surface area contributed by atoms with Crippen molar-refractivity contribution in [3.05, 3.63) is 36.4 Å². The molecule has 0 aliphatic heterocycles. The molecule has 0 heterocycles. The van der Waals surface area contributed by atoms with E-state index in [0.29, 0.717) is 6.61 Å². The topological polar surface area (TPSA) is 29.5 Å². The van der Waals surface area contributed by atoms with E-state index in [-0.39, 0.29) is 6.61 Å². The fraction of sp³-hybridized carbons (Fsp3) is 0.273. The summed E-state index contributed by atoms with van der Waals surface area (Å²) in [6.45, 7) is 6.33. The van der Waals surface area contributed by atoms with Gasteiger partial charge < -0.3 is 9.84 Å². The summed E-state index contributed by atoms with van der Waals surface area (Å²) < 4.78 is 5.28. The third-order valence-electron chi connectivity index (χ3n) is 1.76. The summed E-state index contributed by atoms with van der Waals surface area (Å²) in [5, 5.41) is 8.83. The van der Waals surface area contributed by atoms with Crippen LogP contribution in [-0.4, -0.2) is 18.3 Å². The molecule has 0 unspecified atom stereocenters. The van der Waals surface area contributed by atoms with Gasteiger partial charge in [-0.1, -0.05) is 18.7 Å². The maximum absolute atomic E-state index is 8.83. The molecule has 1 aromatic carbocycles. The van der Waals surface area contributed by atoms with E-state index in [1.54, 1.807) is 0 Å². The highest BCUT2D eigenvalue weighted by Crippen LogP contribution is 2.16. The molecule has 0 aliphatic rings. The van der Waals surface area contributed by atoms with E-state index in [0.717, 1.165) is 16.9 Å². The first-order valence-electron chi connectivity index (χ1n) is 4.29. The summed E-state index contributed by atoms with van der Waals surface area (Å²) >= 11 is 0. The monoisotopic (exact) mass is 178 g/mol. The van der Waals surface area contributed by atoms with Gasteiger partial charge in [0, 0.05) is 0 Å². The zero-order chi connectivity index (χ0) is 9.68. The van der Waals surface area contributed by atoms with E-state index in [4.69, 9.17) is 9.84 Å². The molecular weight excluding hydrogens is 164 g/mol. The second kappa shape index (κ2) is 4.67. The zero-order valence-electron chi connectivity index (χ0n) is 7.79. The molecule has 70 valence electrons. The summed E-state index contributed by atoms with van der Waals surface area (Å²) in [4.78, 5) is 0. The predicted molar refractivity (Wildman–Crippen MR) is 53.7 cm³/mol. The Morgan fingerprint density at radius 2 is 2.00 bits per heavy atom. The van der Waals surface area contributed by atoms with Crippen LogP contribution < -0.4 is 4.74 Å². The number of rotatable bonds is 4. The van der Waals surface area contributed by atoms with Crippen LogP contribution in [0.15, 0.2) is 30.8 Å². The fourth-order valence-electron chi connectivity index (χ4n) is 1.04. The summed E-state index contributed by atoms with van der Waals surface area (Å²) in [5.41, 5.74) is 1.68. The normalized spacial score (nSPS) is 9.69. The molecule has 13 heavy (non-hydrogen) atoms. The van der Waals surface area contributed by atoms with Crippen LogP contribution in [0.3, 0.4) is 0 Å². The van der Waals surface area contributed by atoms with Crippen molar-refractivity contribution in [1.29, 1.82) is 0 Å². The van der Waals surface area contributed by atoms with E-state index in [9.17, 15) is 0 Å². The molecule has 0 bridgehead atoms. The van der Waals surface area contributed by atoms with Gasteiger partial charge in [-0.2, -0.15) is 0 Å². The smallest absolute Gasteiger partial charge is 0.119 e. The van der Waals surface area contributed by atoms with Crippen molar-refractivity contribution in [1.82, 2.24) is 0 Å². The lowest BCUT2D eigenvalue weighted by Gasteiger charge is -2.05. The first-order chi connectivity index (χ1) is 6.27. The standard InChI is InChI=1S/C11H14O2/c1-3-13-11-6-4-10(5-7-11)9(2)8-12/h4-7,12H,2-3,8H2,1H3. The number of hydrogen-bond donors (Lipinski definition) is 1. The highest BCUT2D eigenvalue weighted by Gasteiger charge is 1.97. The zero-order valence-corrected chi connectivity index (χ0v) is 7.79. The van der Waals surface area contributed by atoms with Gasteiger partial charge in [0.1, 0.15) is 5.75 Å². The molecule has 0 fully saturated rings. The Bertz CT molecular complexity index is 275. The van der Waals surface area contributed by atoms with Crippen LogP contribution in [0, 0.1) is 0 Å². The highest BCUT2D eigenvalue weighted by atomic mass is 16.5. The van der Waals surface area contributed by atoms with Crippen LogP contribution >= 0.6 is 0 Å². The molecule has 0 radical (unpaired) electrons. The third kappa shape index (κ3) is 2.60. The average molecular weight is 178 g/mol. The Morgan fingerprint density at radius 3 is 2.46 bits per heavy atom. The van der Waals surface area contributed by atoms with E-state index in [1.807, 2.05) is 31.2 Å². The fourth-order valence-corrected chi connectivity index (χ4v) is 1.04. The molecule has 0 atom stereocenters. The Labute approximate surface area is 78.5 Å². The molecule has 2 heteroatoms. The van der Waals surface area contributed by atoms with Crippen LogP contribution in [0.2, 0.25) is 0 Å². The Kier molecular flexibility index (Phi) is 3.53. The van der Waals surface area contributed by atoms with Gasteiger partial charge in [0.2, 0.25) is 0 Å². The molecule has 0 amide bonds. The van der Waals surface area contributed by atoms with Crippen LogP contribution in [0.5, 0.6) is 5.75 Å². The maximum atomic E-state index is 8.83. The SMILES string of the molecule is C=C(CO)c1ccc(OCC)cc1. The Hall–Kier alpha value is -1.28. The summed E-state index contributed by atoms with van der Waals surface area (Å²) in [6, 6.07) is 7.53. The lowest BCUT2D eigenvalue weighted by Crippen LogP contribution is -1.92. The number of hydrogen-bond acceptors (Lipinski definition) is 2. The van der Waals surface area contributed by atoms with E-state index in [2.05, 4.69) is 6.58 Å². The number of ether oxygens (including phenoxy) is 1. The highest BCUT2D eigenvalue weighted by molar-refractivity contribution is 5.64. The van der Waals surface area contributed by atoms with Crippen molar-refractivity contribution >= 4 is 5.57 Å². The summed E-state index contributed by atoms with van der Waals surface area (Å²) in [6.07, 6.45) is 0. The second-order valence-electron chi connectivity index (χ2n) is 2.72. The van der Waals surface area contributed by atoms with Gasteiger partial charge in [0.05, 0.1) is 13.2 Å². The van der Waals surface area contributed by atoms with Crippen molar-refractivity contribution in [3.63, 3.8) is 0 Å². The van der Waals surface area contributed by atoms with Gasteiger partial charge in [-0.3, -0.25) is 0 Å². The number of benzene rings is 1. The largest absolute Gasteiger partial charge is 0.494 e. The summed E-state index contributed by atoms with van der Waals surface area (Å²) in [7, 11) is 0. The minimum Gasteiger partial charge on any atom is -0.494 e. The molecule has 0 aliphatic carbocycles. The molecule has 2 nitrogen and oxygen atoms in total. The summed E-state index contributed by atoms with van der Waals surface area (Å²) in [5.74, 6) is 0.844. The lowest BCUT2D eigenvalue weighted by molar-refractivity contribution is 0.340. The second-order valence-corrected chi connectivity index (χ2v) is 2.72. The average Bonchev–Trinajstić information content (AvgIpc) is 2.18. The maximum Gasteiger partial charge on any atom is 0.119 e. The number of aliphatic hydroxyl groups excluding tert-OH is 1. The van der Waals surface area contributed by atoms with E-state index >= 15 is 0 Å². The van der Waals surface area contributed by atoms with Gasteiger partial charge in [0.25, 0.3) is 0 Å². The molecular formula is C11H14O2. The molecule has 0 spiro atoms. The van der Waals surface area contributed by atoms with Crippen LogP contribution in [0.4, 0.5) is 0 Å². The first-order valence-corrected chi connectivity index (χ1v) is 4.29. The first kappa shape index (κ1) is 9.81. The van der Waals surface area contributed by atoms with Gasteiger partial charge in [0.15, 0.2) is 0 Å². The lowest BCUT2D eigenvalue weighted by atomic mass is 10.1. The third-order valence-corrected chi connectivity index (χ3v) is 1.76. The van der Waals surface area contributed by atoms with E-state index < -0.39 is 0 Å². The van der Waals surface area contributed by atoms with Crippen molar-refractivity contribution in [2.24, 2.45) is 0 Å². The number of aliphatic hydroxyl groups is 1. The van der Waals surface area contributed by atoms with Crippen molar-refractivity contribution < 1.29 is 9.84 Å². The van der Waals surface area contributed by atoms with Gasteiger partial charge in [-0.05, 0) is 30.2 Å². The molecule has 1 N–H and O–H groups in total. The molecule has 0 aromatic heterocycles. The van der Waals surface area contributed by atoms with Crippen LogP contribution in [0.25, 0.3) is 5.57 Å². The van der Waals surface area contributed by atoms with Crippen LogP contribution in [0.1, 0.15) is 12.5 Å². The predicted octanol–water partition coefficient (Wildman–Crippen LogP) is 2.09. The van der Waals surface area contributed by atoms with Crippen LogP contribution in [-0.2, 0) is 0 Å². The molecule has 1 rings (SSSR count). The van der Waals surface area contributed by atoms with Gasteiger partial charge in [-0.15, -0.1) is 0 Å². The minimum atomic E-state index is -0.00597. The van der Waals surface area contributed by atoms with Gasteiger partial charge >= 0.3 is 0 Å². The van der Waals surface area contributed by atoms with Gasteiger partial charge in [-0.25, -0.2) is 0 Å². The van der Waals surface area contributed by atoms with E-state index in [1.165, 1.54) is 0 Å². The van der Waals surface area contributed by atoms with Crippen molar-refractivity contribution in [3.8, 4) is 5.75 Å².